The molecular formula is C12H16O3. The first-order chi connectivity index (χ1) is 7.16. The summed E-state index contributed by atoms with van der Waals surface area (Å²) in [6.45, 7) is 6.14. The van der Waals surface area contributed by atoms with Crippen LogP contribution < -0.4 is 0 Å². The Balaban J connectivity index is 2.73. The fourth-order valence-corrected chi connectivity index (χ4v) is 1.36. The van der Waals surface area contributed by atoms with Crippen LogP contribution in [0.4, 0.5) is 0 Å². The van der Waals surface area contributed by atoms with Crippen LogP contribution in [-0.4, -0.2) is 12.6 Å². The molecule has 0 aliphatic heterocycles. The molecule has 82 valence electrons. The molecule has 0 saturated carbocycles. The molecule has 15 heavy (non-hydrogen) atoms. The molecule has 0 unspecified atom stereocenters. The maximum absolute atomic E-state index is 11.6. The first-order valence-corrected chi connectivity index (χ1v) is 5.06. The molecule has 3 heteroatoms. The molecule has 0 aromatic heterocycles. The number of aryl methyl sites for hydroxylation is 2. The Morgan fingerprint density at radius 1 is 1.27 bits per heavy atom. The lowest BCUT2D eigenvalue weighted by molar-refractivity contribution is -0.240. The molecule has 1 aromatic rings. The van der Waals surface area contributed by atoms with Crippen LogP contribution in [0, 0.1) is 13.8 Å². The van der Waals surface area contributed by atoms with Crippen molar-refractivity contribution >= 4 is 5.97 Å². The van der Waals surface area contributed by atoms with E-state index in [0.29, 0.717) is 12.2 Å². The lowest BCUT2D eigenvalue weighted by Crippen LogP contribution is -2.10. The van der Waals surface area contributed by atoms with Gasteiger partial charge in [-0.1, -0.05) is 25.1 Å². The molecule has 0 spiro atoms. The first kappa shape index (κ1) is 11.7. The van der Waals surface area contributed by atoms with E-state index in [4.69, 9.17) is 9.78 Å². The van der Waals surface area contributed by atoms with Gasteiger partial charge in [0.05, 0.1) is 12.2 Å². The molecular weight excluding hydrogens is 192 g/mol. The molecule has 0 fully saturated rings. The van der Waals surface area contributed by atoms with E-state index in [1.54, 1.807) is 0 Å². The van der Waals surface area contributed by atoms with Crippen LogP contribution in [0.3, 0.4) is 0 Å². The van der Waals surface area contributed by atoms with Gasteiger partial charge >= 0.3 is 5.97 Å². The summed E-state index contributed by atoms with van der Waals surface area (Å²) in [5, 5.41) is 0. The van der Waals surface area contributed by atoms with Gasteiger partial charge < -0.3 is 0 Å². The summed E-state index contributed by atoms with van der Waals surface area (Å²) >= 11 is 0. The van der Waals surface area contributed by atoms with Gasteiger partial charge in [0.15, 0.2) is 0 Å². The normalized spacial score (nSPS) is 10.1. The molecule has 1 rings (SSSR count). The number of carbonyl (C=O) groups excluding carboxylic acids is 1. The molecule has 0 saturated heterocycles. The van der Waals surface area contributed by atoms with Gasteiger partial charge in [-0.3, -0.25) is 4.89 Å². The summed E-state index contributed by atoms with van der Waals surface area (Å²) < 4.78 is 0. The Morgan fingerprint density at radius 2 is 1.87 bits per heavy atom. The second kappa shape index (κ2) is 5.51. The summed E-state index contributed by atoms with van der Waals surface area (Å²) in [6, 6.07) is 5.67. The lowest BCUT2D eigenvalue weighted by atomic mass is 10.0. The van der Waals surface area contributed by atoms with Gasteiger partial charge in [-0.15, -0.1) is 0 Å². The van der Waals surface area contributed by atoms with E-state index in [-0.39, 0.29) is 0 Å². The minimum absolute atomic E-state index is 0.418. The summed E-state index contributed by atoms with van der Waals surface area (Å²) in [5.41, 5.74) is 2.40. The third-order valence-corrected chi connectivity index (χ3v) is 2.11. The molecule has 0 heterocycles. The predicted octanol–water partition coefficient (Wildman–Crippen LogP) is 2.80. The molecule has 1 aromatic carbocycles. The van der Waals surface area contributed by atoms with E-state index in [1.165, 1.54) is 0 Å². The second-order valence-corrected chi connectivity index (χ2v) is 3.46. The average molecular weight is 208 g/mol. The summed E-state index contributed by atoms with van der Waals surface area (Å²) in [6.07, 6.45) is 0.819. The Labute approximate surface area is 89.9 Å². The van der Waals surface area contributed by atoms with Crippen LogP contribution in [0.15, 0.2) is 18.2 Å². The van der Waals surface area contributed by atoms with Crippen molar-refractivity contribution in [3.8, 4) is 0 Å². The monoisotopic (exact) mass is 208 g/mol. The van der Waals surface area contributed by atoms with Crippen LogP contribution in [0.25, 0.3) is 0 Å². The van der Waals surface area contributed by atoms with Crippen molar-refractivity contribution < 1.29 is 14.6 Å². The van der Waals surface area contributed by atoms with Crippen molar-refractivity contribution in [2.75, 3.05) is 6.61 Å². The van der Waals surface area contributed by atoms with Gasteiger partial charge in [0.25, 0.3) is 0 Å². The molecule has 0 atom stereocenters. The smallest absolute Gasteiger partial charge is 0.293 e. The SMILES string of the molecule is CCCOOC(=O)c1c(C)cccc1C. The average Bonchev–Trinajstić information content (AvgIpc) is 2.18. The lowest BCUT2D eigenvalue weighted by Gasteiger charge is -2.07. The Bertz CT molecular complexity index is 324. The molecule has 0 radical (unpaired) electrons. The van der Waals surface area contributed by atoms with Crippen LogP contribution in [0.2, 0.25) is 0 Å². The van der Waals surface area contributed by atoms with Crippen molar-refractivity contribution in [3.05, 3.63) is 34.9 Å². The molecule has 0 aliphatic rings. The standard InChI is InChI=1S/C12H16O3/c1-4-8-14-15-12(13)11-9(2)6-5-7-10(11)3/h5-7H,4,8H2,1-3H3. The highest BCUT2D eigenvalue weighted by Gasteiger charge is 2.13. The highest BCUT2D eigenvalue weighted by Crippen LogP contribution is 2.14. The maximum Gasteiger partial charge on any atom is 0.373 e. The number of rotatable bonds is 4. The molecule has 0 bridgehead atoms. The van der Waals surface area contributed by atoms with Crippen LogP contribution in [-0.2, 0) is 9.78 Å². The highest BCUT2D eigenvalue weighted by molar-refractivity contribution is 5.92. The topological polar surface area (TPSA) is 35.5 Å². The first-order valence-electron chi connectivity index (χ1n) is 5.06. The quantitative estimate of drug-likeness (QED) is 0.433. The van der Waals surface area contributed by atoms with Crippen LogP contribution >= 0.6 is 0 Å². The minimum Gasteiger partial charge on any atom is -0.293 e. The molecule has 0 N–H and O–H groups in total. The Hall–Kier alpha value is -1.35. The van der Waals surface area contributed by atoms with Gasteiger partial charge in [-0.25, -0.2) is 4.79 Å². The van der Waals surface area contributed by atoms with Crippen molar-refractivity contribution in [1.29, 1.82) is 0 Å². The second-order valence-electron chi connectivity index (χ2n) is 3.46. The summed E-state index contributed by atoms with van der Waals surface area (Å²) in [5.74, 6) is -0.418. The zero-order chi connectivity index (χ0) is 11.3. The molecule has 0 amide bonds. The Morgan fingerprint density at radius 3 is 2.40 bits per heavy atom. The van der Waals surface area contributed by atoms with E-state index < -0.39 is 5.97 Å². The predicted molar refractivity (Wildman–Crippen MR) is 57.6 cm³/mol. The summed E-state index contributed by atoms with van der Waals surface area (Å²) in [7, 11) is 0. The highest BCUT2D eigenvalue weighted by atomic mass is 17.2. The van der Waals surface area contributed by atoms with Crippen molar-refractivity contribution in [1.82, 2.24) is 0 Å². The van der Waals surface area contributed by atoms with E-state index >= 15 is 0 Å². The van der Waals surface area contributed by atoms with Gasteiger partial charge in [0.2, 0.25) is 0 Å². The van der Waals surface area contributed by atoms with E-state index in [2.05, 4.69) is 0 Å². The Kier molecular flexibility index (Phi) is 4.31. The van der Waals surface area contributed by atoms with Gasteiger partial charge in [-0.2, -0.15) is 4.89 Å². The van der Waals surface area contributed by atoms with Gasteiger partial charge in [0, 0.05) is 0 Å². The largest absolute Gasteiger partial charge is 0.373 e. The third-order valence-electron chi connectivity index (χ3n) is 2.11. The fourth-order valence-electron chi connectivity index (χ4n) is 1.36. The van der Waals surface area contributed by atoms with Gasteiger partial charge in [0.1, 0.15) is 0 Å². The summed E-state index contributed by atoms with van der Waals surface area (Å²) in [4.78, 5) is 21.1. The fraction of sp³-hybridized carbons (Fsp3) is 0.417. The number of carbonyl (C=O) groups is 1. The van der Waals surface area contributed by atoms with Crippen molar-refractivity contribution in [2.45, 2.75) is 27.2 Å². The van der Waals surface area contributed by atoms with E-state index in [9.17, 15) is 4.79 Å². The zero-order valence-corrected chi connectivity index (χ0v) is 9.37. The number of benzene rings is 1. The van der Waals surface area contributed by atoms with E-state index in [1.807, 2.05) is 39.0 Å². The van der Waals surface area contributed by atoms with Gasteiger partial charge in [-0.05, 0) is 31.4 Å². The maximum atomic E-state index is 11.6. The number of hydrogen-bond donors (Lipinski definition) is 0. The van der Waals surface area contributed by atoms with Crippen molar-refractivity contribution in [2.24, 2.45) is 0 Å². The third kappa shape index (κ3) is 3.06. The molecule has 0 aliphatic carbocycles. The van der Waals surface area contributed by atoms with Crippen molar-refractivity contribution in [3.63, 3.8) is 0 Å². The zero-order valence-electron chi connectivity index (χ0n) is 9.37. The van der Waals surface area contributed by atoms with E-state index in [0.717, 1.165) is 17.5 Å². The number of hydrogen-bond acceptors (Lipinski definition) is 3. The minimum atomic E-state index is -0.418. The van der Waals surface area contributed by atoms with Crippen LogP contribution in [0.1, 0.15) is 34.8 Å². The molecule has 3 nitrogen and oxygen atoms in total. The van der Waals surface area contributed by atoms with Crippen LogP contribution in [0.5, 0.6) is 0 Å².